The smallest absolute Gasteiger partial charge is 0.0406 e. The van der Waals surface area contributed by atoms with E-state index in [1.54, 1.807) is 0 Å². The highest BCUT2D eigenvalue weighted by Gasteiger charge is 1.92. The molecule has 1 rings (SSSR count). The highest BCUT2D eigenvalue weighted by Crippen LogP contribution is 2.11. The molecule has 0 radical (unpaired) electrons. The third-order valence-corrected chi connectivity index (χ3v) is 1.41. The van der Waals surface area contributed by atoms with Crippen molar-refractivity contribution in [1.29, 1.82) is 0 Å². The van der Waals surface area contributed by atoms with E-state index in [4.69, 9.17) is 0 Å². The van der Waals surface area contributed by atoms with Gasteiger partial charge in [-0.1, -0.05) is 13.5 Å². The third kappa shape index (κ3) is 1.22. The lowest BCUT2D eigenvalue weighted by Crippen LogP contribution is -1.77. The van der Waals surface area contributed by atoms with Crippen LogP contribution in [0.25, 0.3) is 5.57 Å². The van der Waals surface area contributed by atoms with Crippen LogP contribution in [0.1, 0.15) is 19.0 Å². The van der Waals surface area contributed by atoms with Crippen molar-refractivity contribution in [2.24, 2.45) is 0 Å². The molecular weight excluding hydrogens is 110 g/mol. The van der Waals surface area contributed by atoms with Crippen molar-refractivity contribution in [2.75, 3.05) is 0 Å². The molecule has 0 amide bonds. The predicted octanol–water partition coefficient (Wildman–Crippen LogP) is 2.44. The normalized spacial score (nSPS) is 9.44. The first kappa shape index (κ1) is 6.14. The Morgan fingerprint density at radius 1 is 1.78 bits per heavy atom. The first-order chi connectivity index (χ1) is 4.34. The molecule has 1 aromatic heterocycles. The van der Waals surface area contributed by atoms with Crippen LogP contribution in [0.4, 0.5) is 0 Å². The quantitative estimate of drug-likeness (QED) is 0.618. The fourth-order valence-electron chi connectivity index (χ4n) is 0.741. The van der Waals surface area contributed by atoms with Crippen molar-refractivity contribution >= 4 is 5.57 Å². The van der Waals surface area contributed by atoms with Crippen LogP contribution in [0.3, 0.4) is 0 Å². The lowest BCUT2D eigenvalue weighted by Gasteiger charge is -1.94. The standard InChI is InChI=1S/C8H11N/c1-3-7(2)8-5-4-6-9-8/h4-6,9H,2-3H2,1H3. The average Bonchev–Trinajstić information content (AvgIpc) is 2.37. The largest absolute Gasteiger partial charge is 0.361 e. The van der Waals surface area contributed by atoms with Gasteiger partial charge in [-0.25, -0.2) is 0 Å². The number of allylic oxidation sites excluding steroid dienone is 1. The highest BCUT2D eigenvalue weighted by molar-refractivity contribution is 5.59. The van der Waals surface area contributed by atoms with Crippen LogP contribution in [0, 0.1) is 0 Å². The molecule has 1 heteroatoms. The molecule has 0 aromatic carbocycles. The van der Waals surface area contributed by atoms with E-state index < -0.39 is 0 Å². The van der Waals surface area contributed by atoms with Gasteiger partial charge >= 0.3 is 0 Å². The number of nitrogens with one attached hydrogen (secondary N) is 1. The van der Waals surface area contributed by atoms with Gasteiger partial charge in [0.1, 0.15) is 0 Å². The summed E-state index contributed by atoms with van der Waals surface area (Å²) in [4.78, 5) is 3.09. The zero-order chi connectivity index (χ0) is 6.69. The predicted molar refractivity (Wildman–Crippen MR) is 40.1 cm³/mol. The molecule has 0 unspecified atom stereocenters. The summed E-state index contributed by atoms with van der Waals surface area (Å²) in [5.41, 5.74) is 2.32. The molecule has 48 valence electrons. The van der Waals surface area contributed by atoms with Gasteiger partial charge in [0.05, 0.1) is 0 Å². The van der Waals surface area contributed by atoms with Crippen LogP contribution in [-0.2, 0) is 0 Å². The Hall–Kier alpha value is -0.980. The molecule has 0 saturated heterocycles. The van der Waals surface area contributed by atoms with Crippen molar-refractivity contribution in [3.63, 3.8) is 0 Å². The second kappa shape index (κ2) is 2.53. The molecule has 0 atom stereocenters. The first-order valence-corrected chi connectivity index (χ1v) is 3.16. The Bertz CT molecular complexity index is 184. The molecule has 1 nitrogen and oxygen atoms in total. The number of aromatic nitrogens is 1. The molecule has 0 saturated carbocycles. The Kier molecular flexibility index (Phi) is 1.73. The summed E-state index contributed by atoms with van der Waals surface area (Å²) in [6, 6.07) is 4.02. The topological polar surface area (TPSA) is 15.8 Å². The first-order valence-electron chi connectivity index (χ1n) is 3.16. The maximum atomic E-state index is 3.88. The van der Waals surface area contributed by atoms with Crippen molar-refractivity contribution in [3.05, 3.63) is 30.6 Å². The molecule has 1 aromatic rings. The fraction of sp³-hybridized carbons (Fsp3) is 0.250. The summed E-state index contributed by atoms with van der Waals surface area (Å²) in [5.74, 6) is 0. The molecular formula is C8H11N. The van der Waals surface area contributed by atoms with Gasteiger partial charge < -0.3 is 4.98 Å². The summed E-state index contributed by atoms with van der Waals surface area (Å²) in [7, 11) is 0. The van der Waals surface area contributed by atoms with Crippen LogP contribution in [-0.4, -0.2) is 4.98 Å². The number of hydrogen-bond acceptors (Lipinski definition) is 0. The van der Waals surface area contributed by atoms with E-state index in [0.717, 1.165) is 12.1 Å². The van der Waals surface area contributed by atoms with Crippen LogP contribution in [0.5, 0.6) is 0 Å². The number of hydrogen-bond donors (Lipinski definition) is 1. The minimum atomic E-state index is 1.01. The van der Waals surface area contributed by atoms with E-state index in [-0.39, 0.29) is 0 Å². The van der Waals surface area contributed by atoms with Crippen molar-refractivity contribution in [3.8, 4) is 0 Å². The number of rotatable bonds is 2. The number of H-pyrrole nitrogens is 1. The second-order valence-electron chi connectivity index (χ2n) is 2.04. The average molecular weight is 121 g/mol. The molecule has 0 aliphatic heterocycles. The van der Waals surface area contributed by atoms with Gasteiger partial charge in [0.15, 0.2) is 0 Å². The maximum absolute atomic E-state index is 3.88. The monoisotopic (exact) mass is 121 g/mol. The minimum absolute atomic E-state index is 1.01. The Balaban J connectivity index is 2.77. The van der Waals surface area contributed by atoms with E-state index in [1.165, 1.54) is 5.57 Å². The zero-order valence-electron chi connectivity index (χ0n) is 5.65. The lowest BCUT2D eigenvalue weighted by atomic mass is 10.2. The molecule has 1 N–H and O–H groups in total. The van der Waals surface area contributed by atoms with E-state index >= 15 is 0 Å². The fourth-order valence-corrected chi connectivity index (χ4v) is 0.741. The SMILES string of the molecule is C=C(CC)c1ccc[nH]1. The van der Waals surface area contributed by atoms with Crippen LogP contribution < -0.4 is 0 Å². The lowest BCUT2D eigenvalue weighted by molar-refractivity contribution is 1.21. The van der Waals surface area contributed by atoms with Gasteiger partial charge in [-0.2, -0.15) is 0 Å². The third-order valence-electron chi connectivity index (χ3n) is 1.41. The summed E-state index contributed by atoms with van der Waals surface area (Å²) in [6.07, 6.45) is 2.93. The summed E-state index contributed by atoms with van der Waals surface area (Å²) >= 11 is 0. The van der Waals surface area contributed by atoms with Gasteiger partial charge in [0.25, 0.3) is 0 Å². The number of aromatic amines is 1. The minimum Gasteiger partial charge on any atom is -0.361 e. The van der Waals surface area contributed by atoms with Crippen LogP contribution in [0.15, 0.2) is 24.9 Å². The van der Waals surface area contributed by atoms with E-state index in [1.807, 2.05) is 18.3 Å². The molecule has 1 heterocycles. The Morgan fingerprint density at radius 2 is 2.56 bits per heavy atom. The van der Waals surface area contributed by atoms with Gasteiger partial charge in [0, 0.05) is 11.9 Å². The molecule has 0 aliphatic carbocycles. The maximum Gasteiger partial charge on any atom is 0.0406 e. The van der Waals surface area contributed by atoms with E-state index in [2.05, 4.69) is 18.5 Å². The Morgan fingerprint density at radius 3 is 3.00 bits per heavy atom. The van der Waals surface area contributed by atoms with E-state index in [9.17, 15) is 0 Å². The van der Waals surface area contributed by atoms with Crippen molar-refractivity contribution in [2.45, 2.75) is 13.3 Å². The molecule has 0 spiro atoms. The summed E-state index contributed by atoms with van der Waals surface area (Å²) in [6.45, 7) is 5.98. The van der Waals surface area contributed by atoms with Gasteiger partial charge in [0.2, 0.25) is 0 Å². The van der Waals surface area contributed by atoms with Crippen LogP contribution >= 0.6 is 0 Å². The molecule has 0 bridgehead atoms. The van der Waals surface area contributed by atoms with Crippen LogP contribution in [0.2, 0.25) is 0 Å². The van der Waals surface area contributed by atoms with Crippen molar-refractivity contribution in [1.82, 2.24) is 4.98 Å². The second-order valence-corrected chi connectivity index (χ2v) is 2.04. The van der Waals surface area contributed by atoms with Crippen molar-refractivity contribution < 1.29 is 0 Å². The zero-order valence-corrected chi connectivity index (χ0v) is 5.65. The molecule has 0 fully saturated rings. The molecule has 0 aliphatic rings. The van der Waals surface area contributed by atoms with Gasteiger partial charge in [-0.15, -0.1) is 0 Å². The molecule has 9 heavy (non-hydrogen) atoms. The summed E-state index contributed by atoms with van der Waals surface area (Å²) < 4.78 is 0. The van der Waals surface area contributed by atoms with Gasteiger partial charge in [-0.3, -0.25) is 0 Å². The van der Waals surface area contributed by atoms with E-state index in [0.29, 0.717) is 0 Å². The van der Waals surface area contributed by atoms with Gasteiger partial charge in [-0.05, 0) is 24.1 Å². The Labute approximate surface area is 55.4 Å². The highest BCUT2D eigenvalue weighted by atomic mass is 14.7. The summed E-state index contributed by atoms with van der Waals surface area (Å²) in [5, 5.41) is 0.